The van der Waals surface area contributed by atoms with Gasteiger partial charge in [-0.1, -0.05) is 12.1 Å². The lowest BCUT2D eigenvalue weighted by Gasteiger charge is -2.51. The minimum Gasteiger partial charge on any atom is -0.350 e. The summed E-state index contributed by atoms with van der Waals surface area (Å²) in [4.78, 5) is 0. The van der Waals surface area contributed by atoms with Crippen LogP contribution in [-0.4, -0.2) is 52.0 Å². The third kappa shape index (κ3) is 3.75. The van der Waals surface area contributed by atoms with Gasteiger partial charge in [-0.25, -0.2) is 17.9 Å². The number of fused-ring (bicyclic) bond motifs is 1. The van der Waals surface area contributed by atoms with Crippen LogP contribution >= 0.6 is 0 Å². The van der Waals surface area contributed by atoms with Crippen molar-refractivity contribution in [3.05, 3.63) is 35.8 Å². The van der Waals surface area contributed by atoms with Crippen LogP contribution in [0.5, 0.6) is 0 Å². The van der Waals surface area contributed by atoms with Gasteiger partial charge in [0.1, 0.15) is 17.9 Å². The molecule has 0 bridgehead atoms. The highest BCUT2D eigenvalue weighted by Gasteiger charge is 2.55. The summed E-state index contributed by atoms with van der Waals surface area (Å²) in [5, 5.41) is 8.27. The predicted molar refractivity (Wildman–Crippen MR) is 101 cm³/mol. The van der Waals surface area contributed by atoms with E-state index in [1.807, 2.05) is 13.8 Å². The number of halogens is 3. The molecular weight excluding hydrogens is 415 g/mol. The first kappa shape index (κ1) is 20.9. The van der Waals surface area contributed by atoms with Gasteiger partial charge in [0.15, 0.2) is 29.0 Å². The molecule has 5 rings (SSSR count). The molecule has 7 nitrogen and oxygen atoms in total. The molecule has 0 amide bonds. The highest BCUT2D eigenvalue weighted by Crippen LogP contribution is 2.47. The van der Waals surface area contributed by atoms with Gasteiger partial charge in [0, 0.05) is 18.4 Å². The van der Waals surface area contributed by atoms with E-state index >= 15 is 0 Å². The molecule has 0 radical (unpaired) electrons. The lowest BCUT2D eigenvalue weighted by atomic mass is 9.89. The third-order valence-electron chi connectivity index (χ3n) is 6.07. The molecule has 2 aromatic rings. The molecule has 4 heterocycles. The highest BCUT2D eigenvalue weighted by molar-refractivity contribution is 5.57. The SMILES string of the molecule is CC1CO[C@]2(C1)C[C@H](n1cc(-c3cc(F)c(F)c(F)c3)nn1)[C@H]1OC(C)(C)OC[C@H]1O2. The van der Waals surface area contributed by atoms with Crippen LogP contribution in [0.2, 0.25) is 0 Å². The number of nitrogens with zero attached hydrogens (tertiary/aromatic N) is 3. The van der Waals surface area contributed by atoms with Crippen molar-refractivity contribution in [2.75, 3.05) is 13.2 Å². The molecule has 10 heteroatoms. The molecule has 1 spiro atoms. The number of ether oxygens (including phenoxy) is 4. The van der Waals surface area contributed by atoms with Gasteiger partial charge in [0.2, 0.25) is 0 Å². The number of rotatable bonds is 2. The van der Waals surface area contributed by atoms with Crippen molar-refractivity contribution in [3.63, 3.8) is 0 Å². The Morgan fingerprint density at radius 1 is 1.03 bits per heavy atom. The molecular formula is C21H24F3N3O4. The first-order valence-corrected chi connectivity index (χ1v) is 10.3. The lowest BCUT2D eigenvalue weighted by Crippen LogP contribution is -2.60. The molecule has 31 heavy (non-hydrogen) atoms. The number of aromatic nitrogens is 3. The second-order valence-corrected chi connectivity index (χ2v) is 9.09. The van der Waals surface area contributed by atoms with Gasteiger partial charge in [0.05, 0.1) is 25.5 Å². The molecule has 1 aromatic heterocycles. The summed E-state index contributed by atoms with van der Waals surface area (Å²) in [5.41, 5.74) is 0.321. The van der Waals surface area contributed by atoms with E-state index in [4.69, 9.17) is 18.9 Å². The lowest BCUT2D eigenvalue weighted by molar-refractivity contribution is -0.377. The van der Waals surface area contributed by atoms with Gasteiger partial charge in [-0.3, -0.25) is 0 Å². The van der Waals surface area contributed by atoms with E-state index in [-0.39, 0.29) is 29.5 Å². The fourth-order valence-electron chi connectivity index (χ4n) is 4.69. The molecule has 0 aliphatic carbocycles. The van der Waals surface area contributed by atoms with E-state index in [9.17, 15) is 13.2 Å². The van der Waals surface area contributed by atoms with Crippen LogP contribution in [0.1, 0.15) is 39.7 Å². The summed E-state index contributed by atoms with van der Waals surface area (Å²) in [6.45, 7) is 6.68. The summed E-state index contributed by atoms with van der Waals surface area (Å²) < 4.78 is 66.7. The van der Waals surface area contributed by atoms with Gasteiger partial charge in [0.25, 0.3) is 0 Å². The Bertz CT molecular complexity index is 977. The molecule has 1 unspecified atom stereocenters. The Kier molecular flexibility index (Phi) is 4.89. The van der Waals surface area contributed by atoms with Crippen LogP contribution in [0.15, 0.2) is 18.3 Å². The van der Waals surface area contributed by atoms with Crippen LogP contribution < -0.4 is 0 Å². The number of hydrogen-bond acceptors (Lipinski definition) is 6. The fourth-order valence-corrected chi connectivity index (χ4v) is 4.69. The minimum absolute atomic E-state index is 0.0972. The molecule has 3 saturated heterocycles. The van der Waals surface area contributed by atoms with E-state index in [0.717, 1.165) is 18.6 Å². The molecule has 0 N–H and O–H groups in total. The van der Waals surface area contributed by atoms with Crippen LogP contribution in [0, 0.1) is 23.4 Å². The van der Waals surface area contributed by atoms with Crippen molar-refractivity contribution in [1.82, 2.24) is 15.0 Å². The molecule has 168 valence electrons. The number of hydrogen-bond donors (Lipinski definition) is 0. The standard InChI is InChI=1S/C21H24F3N3O4/c1-11-6-21(29-9-11)7-16(19-17(30-21)10-28-20(2,3)31-19)27-8-15(25-26-27)12-4-13(22)18(24)14(23)5-12/h4-5,8,11,16-17,19H,6-7,9-10H2,1-3H3/t11?,16-,17+,19+,21-/m0/s1. The quantitative estimate of drug-likeness (QED) is 0.667. The van der Waals surface area contributed by atoms with Gasteiger partial charge in [-0.15, -0.1) is 5.10 Å². The highest BCUT2D eigenvalue weighted by atomic mass is 19.2. The van der Waals surface area contributed by atoms with E-state index in [2.05, 4.69) is 17.2 Å². The van der Waals surface area contributed by atoms with Crippen molar-refractivity contribution < 1.29 is 32.1 Å². The Morgan fingerprint density at radius 2 is 1.77 bits per heavy atom. The predicted octanol–water partition coefficient (Wildman–Crippen LogP) is 3.60. The van der Waals surface area contributed by atoms with Gasteiger partial charge < -0.3 is 18.9 Å². The third-order valence-corrected chi connectivity index (χ3v) is 6.07. The van der Waals surface area contributed by atoms with Crippen molar-refractivity contribution in [3.8, 4) is 11.3 Å². The zero-order chi connectivity index (χ0) is 22.0. The summed E-state index contributed by atoms with van der Waals surface area (Å²) in [6.07, 6.45) is 2.03. The first-order chi connectivity index (χ1) is 14.6. The Morgan fingerprint density at radius 3 is 2.45 bits per heavy atom. The zero-order valence-electron chi connectivity index (χ0n) is 17.5. The smallest absolute Gasteiger partial charge is 0.194 e. The van der Waals surface area contributed by atoms with Crippen molar-refractivity contribution in [2.24, 2.45) is 5.92 Å². The van der Waals surface area contributed by atoms with E-state index in [1.165, 1.54) is 0 Å². The van der Waals surface area contributed by atoms with Crippen molar-refractivity contribution >= 4 is 0 Å². The van der Waals surface area contributed by atoms with Crippen LogP contribution in [-0.2, 0) is 18.9 Å². The Labute approximate surface area is 177 Å². The largest absolute Gasteiger partial charge is 0.350 e. The fraction of sp³-hybridized carbons (Fsp3) is 0.619. The average Bonchev–Trinajstić information content (AvgIpc) is 3.33. The summed E-state index contributed by atoms with van der Waals surface area (Å²) in [6, 6.07) is 1.50. The second-order valence-electron chi connectivity index (χ2n) is 9.09. The molecule has 3 aliphatic heterocycles. The topological polar surface area (TPSA) is 67.6 Å². The van der Waals surface area contributed by atoms with Crippen molar-refractivity contribution in [2.45, 2.75) is 63.4 Å². The maximum absolute atomic E-state index is 13.7. The van der Waals surface area contributed by atoms with Crippen molar-refractivity contribution in [1.29, 1.82) is 0 Å². The van der Waals surface area contributed by atoms with Gasteiger partial charge in [-0.2, -0.15) is 0 Å². The zero-order valence-corrected chi connectivity index (χ0v) is 17.5. The summed E-state index contributed by atoms with van der Waals surface area (Å²) in [5.74, 6) is -5.31. The molecule has 5 atom stereocenters. The van der Waals surface area contributed by atoms with Gasteiger partial charge in [-0.05, 0) is 31.9 Å². The maximum atomic E-state index is 13.7. The molecule has 3 aliphatic rings. The summed E-state index contributed by atoms with van der Waals surface area (Å²) >= 11 is 0. The first-order valence-electron chi connectivity index (χ1n) is 10.3. The van der Waals surface area contributed by atoms with Crippen LogP contribution in [0.3, 0.4) is 0 Å². The maximum Gasteiger partial charge on any atom is 0.194 e. The van der Waals surface area contributed by atoms with Gasteiger partial charge >= 0.3 is 0 Å². The van der Waals surface area contributed by atoms with E-state index < -0.39 is 29.0 Å². The molecule has 1 aromatic carbocycles. The summed E-state index contributed by atoms with van der Waals surface area (Å²) in [7, 11) is 0. The van der Waals surface area contributed by atoms with Crippen LogP contribution in [0.25, 0.3) is 11.3 Å². The van der Waals surface area contributed by atoms with Crippen LogP contribution in [0.4, 0.5) is 13.2 Å². The monoisotopic (exact) mass is 439 g/mol. The normalized spacial score (nSPS) is 34.8. The molecule has 3 fully saturated rings. The average molecular weight is 439 g/mol. The Balaban J connectivity index is 1.49. The minimum atomic E-state index is -1.52. The van der Waals surface area contributed by atoms with E-state index in [1.54, 1.807) is 10.9 Å². The second kappa shape index (κ2) is 7.26. The van der Waals surface area contributed by atoms with E-state index in [0.29, 0.717) is 25.6 Å². The molecule has 0 saturated carbocycles. The number of benzene rings is 1. The Hall–Kier alpha value is -2.01.